The van der Waals surface area contributed by atoms with Gasteiger partial charge in [-0.2, -0.15) is 0 Å². The van der Waals surface area contributed by atoms with Crippen LogP contribution in [0.1, 0.15) is 38.6 Å². The van der Waals surface area contributed by atoms with Gasteiger partial charge in [-0.3, -0.25) is 0 Å². The summed E-state index contributed by atoms with van der Waals surface area (Å²) in [5.74, 6) is 2.01. The summed E-state index contributed by atoms with van der Waals surface area (Å²) in [5.41, 5.74) is 2.30. The molecule has 0 saturated heterocycles. The van der Waals surface area contributed by atoms with Gasteiger partial charge in [-0.05, 0) is 31.4 Å². The molecule has 1 N–H and O–H groups in total. The maximum atomic E-state index is 4.74. The molecule has 18 heavy (non-hydrogen) atoms. The zero-order valence-electron chi connectivity index (χ0n) is 11.4. The summed E-state index contributed by atoms with van der Waals surface area (Å²) in [4.78, 5) is 4.74. The van der Waals surface area contributed by atoms with Crippen LogP contribution in [-0.2, 0) is 7.05 Å². The van der Waals surface area contributed by atoms with Gasteiger partial charge in [0.2, 0.25) is 0 Å². The molecule has 96 valence electrons. The van der Waals surface area contributed by atoms with Crippen LogP contribution in [0.3, 0.4) is 0 Å². The molecule has 3 rings (SSSR count). The lowest BCUT2D eigenvalue weighted by molar-refractivity contribution is 0.507. The van der Waals surface area contributed by atoms with Crippen LogP contribution in [-0.4, -0.2) is 15.6 Å². The lowest BCUT2D eigenvalue weighted by atomic mass is 10.3. The Morgan fingerprint density at radius 2 is 2.22 bits per heavy atom. The number of nitrogens with one attached hydrogen (secondary N) is 1. The Kier molecular flexibility index (Phi) is 2.86. The van der Waals surface area contributed by atoms with Crippen molar-refractivity contribution in [3.8, 4) is 0 Å². The molecular formula is C15H21N3. The molecule has 1 aromatic carbocycles. The number of rotatable bonds is 4. The van der Waals surface area contributed by atoms with E-state index in [1.54, 1.807) is 0 Å². The first-order valence-corrected chi connectivity index (χ1v) is 6.88. The molecule has 2 aromatic rings. The quantitative estimate of drug-likeness (QED) is 0.894. The molecule has 3 nitrogen and oxygen atoms in total. The van der Waals surface area contributed by atoms with Crippen LogP contribution in [0.4, 0.5) is 0 Å². The SMILES string of the molecule is CCC1CC1NC(C)c1nc2ccccc2n1C. The fourth-order valence-corrected chi connectivity index (χ4v) is 2.85. The summed E-state index contributed by atoms with van der Waals surface area (Å²) in [6.07, 6.45) is 2.61. The first-order valence-electron chi connectivity index (χ1n) is 6.88. The Hall–Kier alpha value is -1.35. The van der Waals surface area contributed by atoms with E-state index in [4.69, 9.17) is 4.98 Å². The summed E-state index contributed by atoms with van der Waals surface area (Å²) >= 11 is 0. The molecule has 0 amide bonds. The summed E-state index contributed by atoms with van der Waals surface area (Å²) in [6, 6.07) is 9.35. The van der Waals surface area contributed by atoms with Crippen molar-refractivity contribution >= 4 is 11.0 Å². The molecule has 0 spiro atoms. The molecule has 0 bridgehead atoms. The molecular weight excluding hydrogens is 222 g/mol. The molecule has 3 unspecified atom stereocenters. The average molecular weight is 243 g/mol. The van der Waals surface area contributed by atoms with E-state index < -0.39 is 0 Å². The van der Waals surface area contributed by atoms with Crippen molar-refractivity contribution in [2.45, 2.75) is 38.8 Å². The maximum Gasteiger partial charge on any atom is 0.126 e. The van der Waals surface area contributed by atoms with E-state index in [-0.39, 0.29) is 0 Å². The normalized spacial score (nSPS) is 24.4. The second-order valence-electron chi connectivity index (χ2n) is 5.42. The fourth-order valence-electron chi connectivity index (χ4n) is 2.85. The van der Waals surface area contributed by atoms with E-state index in [2.05, 4.69) is 49.0 Å². The largest absolute Gasteiger partial charge is 0.330 e. The molecule has 1 aromatic heterocycles. The third-order valence-electron chi connectivity index (χ3n) is 4.12. The molecule has 0 aliphatic heterocycles. The predicted octanol–water partition coefficient (Wildman–Crippen LogP) is 3.02. The Morgan fingerprint density at radius 3 is 2.89 bits per heavy atom. The Bertz CT molecular complexity index is 558. The Balaban J connectivity index is 1.83. The number of fused-ring (bicyclic) bond motifs is 1. The van der Waals surface area contributed by atoms with Crippen LogP contribution in [0.15, 0.2) is 24.3 Å². The van der Waals surface area contributed by atoms with Gasteiger partial charge in [-0.25, -0.2) is 4.98 Å². The molecule has 1 saturated carbocycles. The van der Waals surface area contributed by atoms with Crippen molar-refractivity contribution in [2.24, 2.45) is 13.0 Å². The van der Waals surface area contributed by atoms with Gasteiger partial charge < -0.3 is 9.88 Å². The first kappa shape index (κ1) is 11.7. The van der Waals surface area contributed by atoms with Crippen molar-refractivity contribution in [3.05, 3.63) is 30.1 Å². The van der Waals surface area contributed by atoms with Gasteiger partial charge in [0.15, 0.2) is 0 Å². The van der Waals surface area contributed by atoms with Gasteiger partial charge >= 0.3 is 0 Å². The topological polar surface area (TPSA) is 29.9 Å². The van der Waals surface area contributed by atoms with Crippen LogP contribution in [0.25, 0.3) is 11.0 Å². The van der Waals surface area contributed by atoms with Crippen LogP contribution in [0.2, 0.25) is 0 Å². The molecule has 1 heterocycles. The molecule has 3 heteroatoms. The third kappa shape index (κ3) is 1.93. The Labute approximate surface area is 108 Å². The number of para-hydroxylation sites is 2. The molecule has 1 fully saturated rings. The van der Waals surface area contributed by atoms with Crippen molar-refractivity contribution < 1.29 is 0 Å². The number of imidazole rings is 1. The van der Waals surface area contributed by atoms with Gasteiger partial charge in [0.1, 0.15) is 5.82 Å². The third-order valence-corrected chi connectivity index (χ3v) is 4.12. The maximum absolute atomic E-state index is 4.74. The second kappa shape index (κ2) is 4.39. The minimum absolute atomic E-state index is 0.323. The number of nitrogens with zero attached hydrogens (tertiary/aromatic N) is 2. The summed E-state index contributed by atoms with van der Waals surface area (Å²) < 4.78 is 2.20. The second-order valence-corrected chi connectivity index (χ2v) is 5.42. The van der Waals surface area contributed by atoms with Crippen molar-refractivity contribution in [1.29, 1.82) is 0 Å². The smallest absolute Gasteiger partial charge is 0.126 e. The van der Waals surface area contributed by atoms with Crippen molar-refractivity contribution in [2.75, 3.05) is 0 Å². The van der Waals surface area contributed by atoms with E-state index in [9.17, 15) is 0 Å². The van der Waals surface area contributed by atoms with Crippen LogP contribution in [0, 0.1) is 5.92 Å². The van der Waals surface area contributed by atoms with Crippen LogP contribution in [0.5, 0.6) is 0 Å². The highest BCUT2D eigenvalue weighted by atomic mass is 15.1. The van der Waals surface area contributed by atoms with Gasteiger partial charge in [0, 0.05) is 13.1 Å². The zero-order valence-corrected chi connectivity index (χ0v) is 11.4. The van der Waals surface area contributed by atoms with E-state index in [0.717, 1.165) is 17.3 Å². The fraction of sp³-hybridized carbons (Fsp3) is 0.533. The summed E-state index contributed by atoms with van der Waals surface area (Å²) in [7, 11) is 2.10. The van der Waals surface area contributed by atoms with Crippen molar-refractivity contribution in [1.82, 2.24) is 14.9 Å². The number of hydrogen-bond acceptors (Lipinski definition) is 2. The molecule has 1 aliphatic rings. The molecule has 1 aliphatic carbocycles. The molecule has 0 radical (unpaired) electrons. The summed E-state index contributed by atoms with van der Waals surface area (Å²) in [6.45, 7) is 4.48. The Morgan fingerprint density at radius 1 is 1.44 bits per heavy atom. The van der Waals surface area contributed by atoms with E-state index in [1.165, 1.54) is 18.4 Å². The van der Waals surface area contributed by atoms with Gasteiger partial charge in [-0.1, -0.05) is 25.5 Å². The highest BCUT2D eigenvalue weighted by Crippen LogP contribution is 2.35. The number of benzene rings is 1. The highest BCUT2D eigenvalue weighted by molar-refractivity contribution is 5.75. The van der Waals surface area contributed by atoms with E-state index >= 15 is 0 Å². The van der Waals surface area contributed by atoms with Gasteiger partial charge in [0.25, 0.3) is 0 Å². The number of aromatic nitrogens is 2. The lowest BCUT2D eigenvalue weighted by Crippen LogP contribution is -2.24. The van der Waals surface area contributed by atoms with Crippen LogP contribution >= 0.6 is 0 Å². The highest BCUT2D eigenvalue weighted by Gasteiger charge is 2.36. The van der Waals surface area contributed by atoms with Gasteiger partial charge in [-0.15, -0.1) is 0 Å². The minimum Gasteiger partial charge on any atom is -0.330 e. The first-order chi connectivity index (χ1) is 8.70. The van der Waals surface area contributed by atoms with E-state index in [1.807, 2.05) is 6.07 Å². The predicted molar refractivity (Wildman–Crippen MR) is 74.5 cm³/mol. The minimum atomic E-state index is 0.323. The average Bonchev–Trinajstić information content (AvgIpc) is 3.05. The van der Waals surface area contributed by atoms with Gasteiger partial charge in [0.05, 0.1) is 17.1 Å². The molecule has 3 atom stereocenters. The van der Waals surface area contributed by atoms with Crippen molar-refractivity contribution in [3.63, 3.8) is 0 Å². The summed E-state index contributed by atoms with van der Waals surface area (Å²) in [5, 5.41) is 3.69. The number of hydrogen-bond donors (Lipinski definition) is 1. The van der Waals surface area contributed by atoms with Crippen LogP contribution < -0.4 is 5.32 Å². The lowest BCUT2D eigenvalue weighted by Gasteiger charge is -2.13. The standard InChI is InChI=1S/C15H21N3/c1-4-11-9-13(11)16-10(2)15-17-12-7-5-6-8-14(12)18(15)3/h5-8,10-11,13,16H,4,9H2,1-3H3. The monoisotopic (exact) mass is 243 g/mol. The zero-order chi connectivity index (χ0) is 12.7. The number of aryl methyl sites for hydroxylation is 1. The van der Waals surface area contributed by atoms with E-state index in [0.29, 0.717) is 12.1 Å².